The summed E-state index contributed by atoms with van der Waals surface area (Å²) in [5, 5.41) is 22.8. The number of nitrogens with zero attached hydrogens (tertiary/aromatic N) is 4. The van der Waals surface area contributed by atoms with Crippen molar-refractivity contribution in [3.05, 3.63) is 136 Å². The average molecular weight is 993 g/mol. The molecule has 8 heterocycles. The summed E-state index contributed by atoms with van der Waals surface area (Å²) in [6, 6.07) is 24.5. The maximum Gasteiger partial charge on any atom is 0.198 e. The van der Waals surface area contributed by atoms with E-state index in [1.807, 2.05) is 24.3 Å². The van der Waals surface area contributed by atoms with Gasteiger partial charge in [-0.2, -0.15) is 0 Å². The first-order chi connectivity index (χ1) is 33.6. The normalized spacial score (nSPS) is 22.3. The molecule has 4 atom stereocenters. The lowest BCUT2D eigenvalue weighted by molar-refractivity contribution is 0.0375. The average Bonchev–Trinajstić information content (AvgIpc) is 4.18. The van der Waals surface area contributed by atoms with E-state index in [1.54, 1.807) is 45.3 Å². The van der Waals surface area contributed by atoms with Crippen molar-refractivity contribution in [2.24, 2.45) is 0 Å². The zero-order chi connectivity index (χ0) is 45.8. The Balaban J connectivity index is 0.890. The topological polar surface area (TPSA) is 132 Å². The molecule has 4 N–H and O–H groups in total. The van der Waals surface area contributed by atoms with Crippen LogP contribution in [0.1, 0.15) is 76.3 Å². The van der Waals surface area contributed by atoms with Crippen molar-refractivity contribution in [3.63, 3.8) is 0 Å². The minimum absolute atomic E-state index is 0.0976. The minimum atomic E-state index is -0.190. The van der Waals surface area contributed by atoms with E-state index >= 15 is 9.59 Å². The Kier molecular flexibility index (Phi) is 14.3. The van der Waals surface area contributed by atoms with Crippen LogP contribution in [0.25, 0.3) is 0 Å². The molecule has 14 nitrogen and oxygen atoms in total. The van der Waals surface area contributed by atoms with E-state index in [0.717, 1.165) is 26.2 Å². The summed E-state index contributed by atoms with van der Waals surface area (Å²) in [4.78, 5) is 45.1. The molecule has 2 aromatic carbocycles. The largest absolute Gasteiger partial charge is 0.383 e. The molecule has 0 spiro atoms. The number of hydrogen-bond donors (Lipinski definition) is 4. The van der Waals surface area contributed by atoms with Crippen LogP contribution in [-0.2, 0) is 18.9 Å². The number of fused-ring (bicyclic) bond motifs is 2. The number of nitrogens with one attached hydrogen (secondary N) is 4. The molecule has 4 saturated heterocycles. The fourth-order valence-electron chi connectivity index (χ4n) is 10.0. The molecule has 1 aliphatic carbocycles. The molecular formula is C50H56N8O6S4. The lowest BCUT2D eigenvalue weighted by Crippen LogP contribution is -2.32. The summed E-state index contributed by atoms with van der Waals surface area (Å²) in [6.07, 6.45) is -0.390. The van der Waals surface area contributed by atoms with E-state index in [4.69, 9.17) is 18.9 Å². The maximum atomic E-state index is 15.6. The summed E-state index contributed by atoms with van der Waals surface area (Å²) >= 11 is 6.78. The van der Waals surface area contributed by atoms with Crippen LogP contribution in [0.2, 0.25) is 0 Å². The zero-order valence-corrected chi connectivity index (χ0v) is 41.0. The number of ketones is 2. The quantitative estimate of drug-likeness (QED) is 0.0582. The molecule has 4 unspecified atom stereocenters. The van der Waals surface area contributed by atoms with Gasteiger partial charge in [0.2, 0.25) is 0 Å². The van der Waals surface area contributed by atoms with Crippen LogP contribution in [0.3, 0.4) is 0 Å². The monoisotopic (exact) mass is 992 g/mol. The van der Waals surface area contributed by atoms with E-state index in [-0.39, 0.29) is 36.5 Å². The molecule has 5 aliphatic rings. The molecule has 11 rings (SSSR count). The highest BCUT2D eigenvalue weighted by molar-refractivity contribution is 7.10. The number of benzene rings is 2. The molecule has 18 heteroatoms. The van der Waals surface area contributed by atoms with Crippen LogP contribution in [0.4, 0.5) is 22.7 Å². The summed E-state index contributed by atoms with van der Waals surface area (Å²) in [6.45, 7) is 10.9. The van der Waals surface area contributed by atoms with Crippen LogP contribution < -0.4 is 21.3 Å². The summed E-state index contributed by atoms with van der Waals surface area (Å²) in [7, 11) is 0. The summed E-state index contributed by atoms with van der Waals surface area (Å²) in [5.41, 5.74) is 4.11. The third-order valence-electron chi connectivity index (χ3n) is 13.3. The Morgan fingerprint density at radius 3 is 0.868 bits per heavy atom. The van der Waals surface area contributed by atoms with Gasteiger partial charge in [-0.25, -0.2) is 0 Å². The zero-order valence-electron chi connectivity index (χ0n) is 37.7. The number of ether oxygens (including phenoxy) is 4. The second-order valence-corrected chi connectivity index (χ2v) is 21.2. The number of hydrogen-bond acceptors (Lipinski definition) is 18. The first-order valence-corrected chi connectivity index (χ1v) is 27.1. The fraction of sp³-hybridized carbons (Fsp3) is 0.400. The number of carbonyl (C=O) groups excluding carboxylic acids is 2. The highest BCUT2D eigenvalue weighted by Crippen LogP contribution is 2.43. The minimum Gasteiger partial charge on any atom is -0.383 e. The van der Waals surface area contributed by atoms with Crippen LogP contribution in [0, 0.1) is 0 Å². The second-order valence-electron chi connectivity index (χ2n) is 17.3. The molecule has 4 aliphatic heterocycles. The van der Waals surface area contributed by atoms with Crippen LogP contribution in [0.5, 0.6) is 0 Å². The molecule has 68 heavy (non-hydrogen) atoms. The van der Waals surface area contributed by atoms with E-state index in [9.17, 15) is 0 Å². The highest BCUT2D eigenvalue weighted by atomic mass is 32.1. The summed E-state index contributed by atoms with van der Waals surface area (Å²) < 4.78 is 24.6. The first kappa shape index (κ1) is 45.9. The molecule has 0 bridgehead atoms. The first-order valence-electron chi connectivity index (χ1n) is 23.5. The van der Waals surface area contributed by atoms with Gasteiger partial charge in [-0.3, -0.25) is 29.2 Å². The standard InChI is InChI=1S/C50H56N8O6S4/c59-45-41-33(51-13-17-55-21-25-61-47(55)37-5-1-29-65-37)9-10-34(52-14-18-56-22-26-62-48(56)38-6-2-30-66-38)42(41)46(60)44-36(54-16-20-58-24-28-64-50(58)40-8-4-32-68-40)12-11-35(43(44)45)53-15-19-57-23-27-63-49(57)39-7-3-31-67-39/h1-12,29-32,47-54H,13-28H2. The SMILES string of the molecule is O=C1c2c(NCCN3CCOC3c3cccs3)ccc(NCCN3CCOC3c3cccs3)c2C(=O)c2c(NCCN3CCOC3c3cccs3)ccc(NCCN3CCOC3c3cccs3)c21. The number of carbonyl (C=O) groups is 2. The Bertz CT molecular complexity index is 2280. The van der Waals surface area contributed by atoms with Gasteiger partial charge in [0.1, 0.15) is 24.9 Å². The lowest BCUT2D eigenvalue weighted by Gasteiger charge is -2.29. The number of rotatable bonds is 20. The van der Waals surface area contributed by atoms with Gasteiger partial charge in [0.15, 0.2) is 11.6 Å². The van der Waals surface area contributed by atoms with E-state index < -0.39 is 0 Å². The van der Waals surface area contributed by atoms with Gasteiger partial charge in [0, 0.05) is 121 Å². The molecule has 0 amide bonds. The molecule has 356 valence electrons. The highest BCUT2D eigenvalue weighted by Gasteiger charge is 2.39. The van der Waals surface area contributed by atoms with E-state index in [1.165, 1.54) is 19.5 Å². The van der Waals surface area contributed by atoms with Crippen molar-refractivity contribution >= 4 is 79.7 Å². The Morgan fingerprint density at radius 1 is 0.397 bits per heavy atom. The Labute approximate surface area is 412 Å². The summed E-state index contributed by atoms with van der Waals surface area (Å²) in [5.74, 6) is -0.379. The van der Waals surface area contributed by atoms with Crippen molar-refractivity contribution in [2.45, 2.75) is 24.9 Å². The van der Waals surface area contributed by atoms with Crippen LogP contribution in [-0.4, -0.2) is 136 Å². The number of thiophene rings is 4. The second kappa shape index (κ2) is 21.2. The molecular weight excluding hydrogens is 937 g/mol. The van der Waals surface area contributed by atoms with E-state index in [0.29, 0.717) is 124 Å². The van der Waals surface area contributed by atoms with Crippen molar-refractivity contribution in [3.8, 4) is 0 Å². The van der Waals surface area contributed by atoms with Gasteiger partial charge in [-0.15, -0.1) is 45.3 Å². The maximum absolute atomic E-state index is 15.6. The van der Waals surface area contributed by atoms with Gasteiger partial charge in [0.05, 0.1) is 48.7 Å². The van der Waals surface area contributed by atoms with Crippen molar-refractivity contribution < 1.29 is 28.5 Å². The van der Waals surface area contributed by atoms with E-state index in [2.05, 4.69) is 111 Å². The van der Waals surface area contributed by atoms with Gasteiger partial charge < -0.3 is 40.2 Å². The molecule has 4 aromatic heterocycles. The van der Waals surface area contributed by atoms with Crippen molar-refractivity contribution in [1.82, 2.24) is 19.6 Å². The molecule has 0 radical (unpaired) electrons. The van der Waals surface area contributed by atoms with Gasteiger partial charge in [0.25, 0.3) is 0 Å². The smallest absolute Gasteiger partial charge is 0.198 e. The van der Waals surface area contributed by atoms with Gasteiger partial charge in [-0.1, -0.05) is 24.3 Å². The predicted octanol–water partition coefficient (Wildman–Crippen LogP) is 8.48. The predicted molar refractivity (Wildman–Crippen MR) is 272 cm³/mol. The Morgan fingerprint density at radius 2 is 0.647 bits per heavy atom. The molecule has 4 fully saturated rings. The third-order valence-corrected chi connectivity index (χ3v) is 16.9. The van der Waals surface area contributed by atoms with Gasteiger partial charge in [-0.05, 0) is 70.1 Å². The fourth-order valence-corrected chi connectivity index (χ4v) is 13.3. The van der Waals surface area contributed by atoms with Crippen LogP contribution >= 0.6 is 45.3 Å². The van der Waals surface area contributed by atoms with Gasteiger partial charge >= 0.3 is 0 Å². The van der Waals surface area contributed by atoms with Crippen molar-refractivity contribution in [2.75, 3.05) is 126 Å². The van der Waals surface area contributed by atoms with Crippen LogP contribution in [0.15, 0.2) is 94.3 Å². The third kappa shape index (κ3) is 9.54. The lowest BCUT2D eigenvalue weighted by atomic mass is 9.80. The molecule has 6 aromatic rings. The number of anilines is 4. The van der Waals surface area contributed by atoms with Crippen molar-refractivity contribution in [1.29, 1.82) is 0 Å². The molecule has 0 saturated carbocycles. The Hall–Kier alpha value is -4.54.